The summed E-state index contributed by atoms with van der Waals surface area (Å²) in [4.78, 5) is 12.0. The van der Waals surface area contributed by atoms with Crippen LogP contribution in [0.5, 0.6) is 0 Å². The Morgan fingerprint density at radius 1 is 1.17 bits per heavy atom. The Morgan fingerprint density at radius 2 is 1.87 bits per heavy atom. The lowest BCUT2D eigenvalue weighted by molar-refractivity contribution is -0.119. The maximum absolute atomic E-state index is 12.0. The van der Waals surface area contributed by atoms with Gasteiger partial charge in [0, 0.05) is 41.8 Å². The zero-order valence-corrected chi connectivity index (χ0v) is 15.8. The monoisotopic (exact) mass is 359 g/mol. The third-order valence-corrected chi connectivity index (χ3v) is 3.56. The maximum Gasteiger partial charge on any atom is 0.228 e. The van der Waals surface area contributed by atoms with Crippen LogP contribution in [0, 0.1) is 11.8 Å². The SMILES string of the molecule is CNCC(C)C(=O)Nc1ccc2c(ccn2CC(C)C)c1.Cl.Cl. The Kier molecular flexibility index (Phi) is 9.28. The van der Waals surface area contributed by atoms with Gasteiger partial charge in [-0.25, -0.2) is 0 Å². The second-order valence-corrected chi connectivity index (χ2v) is 6.08. The fourth-order valence-corrected chi connectivity index (χ4v) is 2.49. The van der Waals surface area contributed by atoms with Crippen LogP contribution in [-0.4, -0.2) is 24.1 Å². The zero-order chi connectivity index (χ0) is 15.4. The number of carbonyl (C=O) groups is 1. The second-order valence-electron chi connectivity index (χ2n) is 6.08. The molecule has 6 heteroatoms. The van der Waals surface area contributed by atoms with Crippen molar-refractivity contribution >= 4 is 47.3 Å². The minimum atomic E-state index is -0.0452. The number of rotatable bonds is 6. The number of fused-ring (bicyclic) bond motifs is 1. The molecule has 0 bridgehead atoms. The van der Waals surface area contributed by atoms with Gasteiger partial charge in [-0.3, -0.25) is 4.79 Å². The molecule has 0 aliphatic heterocycles. The molecular weight excluding hydrogens is 333 g/mol. The summed E-state index contributed by atoms with van der Waals surface area (Å²) in [6, 6.07) is 8.19. The predicted molar refractivity (Wildman–Crippen MR) is 103 cm³/mol. The lowest BCUT2D eigenvalue weighted by Gasteiger charge is -2.12. The zero-order valence-electron chi connectivity index (χ0n) is 14.1. The summed E-state index contributed by atoms with van der Waals surface area (Å²) in [5.41, 5.74) is 2.07. The van der Waals surface area contributed by atoms with Crippen LogP contribution in [0.15, 0.2) is 30.5 Å². The summed E-state index contributed by atoms with van der Waals surface area (Å²) < 4.78 is 2.26. The van der Waals surface area contributed by atoms with E-state index in [1.165, 1.54) is 5.52 Å². The largest absolute Gasteiger partial charge is 0.347 e. The highest BCUT2D eigenvalue weighted by atomic mass is 35.5. The fourth-order valence-electron chi connectivity index (χ4n) is 2.49. The first-order chi connectivity index (χ1) is 10.0. The summed E-state index contributed by atoms with van der Waals surface area (Å²) in [5.74, 6) is 0.615. The molecule has 0 spiro atoms. The van der Waals surface area contributed by atoms with E-state index in [1.54, 1.807) is 0 Å². The molecule has 0 radical (unpaired) electrons. The van der Waals surface area contributed by atoms with E-state index >= 15 is 0 Å². The van der Waals surface area contributed by atoms with Crippen LogP contribution >= 0.6 is 24.8 Å². The van der Waals surface area contributed by atoms with Crippen molar-refractivity contribution in [2.24, 2.45) is 11.8 Å². The number of halogens is 2. The highest BCUT2D eigenvalue weighted by Crippen LogP contribution is 2.21. The van der Waals surface area contributed by atoms with E-state index in [2.05, 4.69) is 47.4 Å². The highest BCUT2D eigenvalue weighted by Gasteiger charge is 2.12. The van der Waals surface area contributed by atoms with Crippen molar-refractivity contribution in [2.75, 3.05) is 18.9 Å². The molecule has 0 saturated carbocycles. The van der Waals surface area contributed by atoms with E-state index in [1.807, 2.05) is 26.1 Å². The molecule has 1 aromatic heterocycles. The van der Waals surface area contributed by atoms with E-state index in [0.29, 0.717) is 12.5 Å². The van der Waals surface area contributed by atoms with Gasteiger partial charge in [0.15, 0.2) is 0 Å². The van der Waals surface area contributed by atoms with Gasteiger partial charge in [0.05, 0.1) is 0 Å². The summed E-state index contributed by atoms with van der Waals surface area (Å²) in [6.45, 7) is 8.03. The topological polar surface area (TPSA) is 46.1 Å². The van der Waals surface area contributed by atoms with Gasteiger partial charge in [-0.1, -0.05) is 20.8 Å². The first-order valence-corrected chi connectivity index (χ1v) is 7.55. The molecular formula is C17H27Cl2N3O. The quantitative estimate of drug-likeness (QED) is 0.820. The fraction of sp³-hybridized carbons (Fsp3) is 0.471. The van der Waals surface area contributed by atoms with Crippen molar-refractivity contribution in [3.63, 3.8) is 0 Å². The molecule has 2 N–H and O–H groups in total. The van der Waals surface area contributed by atoms with E-state index in [4.69, 9.17) is 0 Å². The number of nitrogens with one attached hydrogen (secondary N) is 2. The third kappa shape index (κ3) is 5.72. The molecule has 2 aromatic rings. The van der Waals surface area contributed by atoms with Crippen LogP contribution in [0.3, 0.4) is 0 Å². The van der Waals surface area contributed by atoms with Crippen molar-refractivity contribution in [1.29, 1.82) is 0 Å². The molecule has 2 rings (SSSR count). The van der Waals surface area contributed by atoms with Gasteiger partial charge < -0.3 is 15.2 Å². The third-order valence-electron chi connectivity index (χ3n) is 3.56. The lowest BCUT2D eigenvalue weighted by atomic mass is 10.1. The Morgan fingerprint density at radius 3 is 2.48 bits per heavy atom. The molecule has 130 valence electrons. The number of anilines is 1. The molecule has 0 aliphatic carbocycles. The van der Waals surface area contributed by atoms with E-state index in [0.717, 1.165) is 17.6 Å². The van der Waals surface area contributed by atoms with Crippen LogP contribution < -0.4 is 10.6 Å². The van der Waals surface area contributed by atoms with Gasteiger partial charge >= 0.3 is 0 Å². The van der Waals surface area contributed by atoms with Crippen LogP contribution in [0.4, 0.5) is 5.69 Å². The molecule has 1 heterocycles. The number of carbonyl (C=O) groups excluding carboxylic acids is 1. The smallest absolute Gasteiger partial charge is 0.228 e. The van der Waals surface area contributed by atoms with Crippen LogP contribution in [0.25, 0.3) is 10.9 Å². The van der Waals surface area contributed by atoms with E-state index < -0.39 is 0 Å². The first-order valence-electron chi connectivity index (χ1n) is 7.55. The molecule has 1 unspecified atom stereocenters. The predicted octanol–water partition coefficient (Wildman–Crippen LogP) is 3.93. The normalized spacial score (nSPS) is 11.7. The minimum absolute atomic E-state index is 0. The Balaban J connectivity index is 0.00000242. The average Bonchev–Trinajstić information content (AvgIpc) is 2.81. The number of benzene rings is 1. The molecule has 0 saturated heterocycles. The van der Waals surface area contributed by atoms with Crippen LogP contribution in [0.1, 0.15) is 20.8 Å². The number of aromatic nitrogens is 1. The van der Waals surface area contributed by atoms with Crippen LogP contribution in [0.2, 0.25) is 0 Å². The number of hydrogen-bond acceptors (Lipinski definition) is 2. The molecule has 0 aliphatic rings. The summed E-state index contributed by atoms with van der Waals surface area (Å²) in [7, 11) is 1.85. The van der Waals surface area contributed by atoms with Gasteiger partial charge in [0.2, 0.25) is 5.91 Å². The van der Waals surface area contributed by atoms with Crippen molar-refractivity contribution in [3.8, 4) is 0 Å². The Bertz CT molecular complexity index is 625. The highest BCUT2D eigenvalue weighted by molar-refractivity contribution is 5.95. The van der Waals surface area contributed by atoms with Crippen molar-refractivity contribution in [3.05, 3.63) is 30.5 Å². The minimum Gasteiger partial charge on any atom is -0.347 e. The van der Waals surface area contributed by atoms with Gasteiger partial charge in [-0.2, -0.15) is 0 Å². The van der Waals surface area contributed by atoms with E-state index in [-0.39, 0.29) is 36.6 Å². The van der Waals surface area contributed by atoms with Crippen molar-refractivity contribution < 1.29 is 4.79 Å². The molecule has 1 aromatic carbocycles. The number of amides is 1. The molecule has 4 nitrogen and oxygen atoms in total. The van der Waals surface area contributed by atoms with Gasteiger partial charge in [0.1, 0.15) is 0 Å². The number of hydrogen-bond donors (Lipinski definition) is 2. The van der Waals surface area contributed by atoms with Crippen LogP contribution in [-0.2, 0) is 11.3 Å². The first kappa shape index (κ1) is 21.8. The second kappa shape index (κ2) is 9.81. The Hall–Kier alpha value is -1.23. The molecule has 0 fully saturated rings. The summed E-state index contributed by atoms with van der Waals surface area (Å²) in [5, 5.41) is 7.16. The average molecular weight is 360 g/mol. The molecule has 1 atom stereocenters. The lowest BCUT2D eigenvalue weighted by Crippen LogP contribution is -2.28. The van der Waals surface area contributed by atoms with Gasteiger partial charge in [-0.05, 0) is 37.2 Å². The summed E-state index contributed by atoms with van der Waals surface area (Å²) >= 11 is 0. The summed E-state index contributed by atoms with van der Waals surface area (Å²) in [6.07, 6.45) is 2.11. The molecule has 1 amide bonds. The van der Waals surface area contributed by atoms with Gasteiger partial charge in [0.25, 0.3) is 0 Å². The molecule has 23 heavy (non-hydrogen) atoms. The standard InChI is InChI=1S/C17H25N3O.2ClH/c1-12(2)11-20-8-7-14-9-15(5-6-16(14)20)19-17(21)13(3)10-18-4;;/h5-9,12-13,18H,10-11H2,1-4H3,(H,19,21);2*1H. The van der Waals surface area contributed by atoms with Gasteiger partial charge in [-0.15, -0.1) is 24.8 Å². The van der Waals surface area contributed by atoms with Crippen molar-refractivity contribution in [1.82, 2.24) is 9.88 Å². The Labute approximate surface area is 150 Å². The maximum atomic E-state index is 12.0. The van der Waals surface area contributed by atoms with Crippen molar-refractivity contribution in [2.45, 2.75) is 27.3 Å². The van der Waals surface area contributed by atoms with E-state index in [9.17, 15) is 4.79 Å². The number of nitrogens with zero attached hydrogens (tertiary/aromatic N) is 1.